The van der Waals surface area contributed by atoms with Crippen LogP contribution >= 0.6 is 24.0 Å². The van der Waals surface area contributed by atoms with Crippen LogP contribution in [-0.4, -0.2) is 38.4 Å². The molecule has 27 heavy (non-hydrogen) atoms. The number of hydrogen-bond acceptors (Lipinski definition) is 5. The molecule has 8 heteroatoms. The van der Waals surface area contributed by atoms with E-state index >= 15 is 0 Å². The molecule has 3 rings (SSSR count). The summed E-state index contributed by atoms with van der Waals surface area (Å²) in [6.45, 7) is 4.28. The Morgan fingerprint density at radius 2 is 1.96 bits per heavy atom. The molecular formula is C19H26IN5O2. The lowest BCUT2D eigenvalue weighted by Crippen LogP contribution is -2.37. The topological polar surface area (TPSA) is 71.0 Å². The van der Waals surface area contributed by atoms with Crippen LogP contribution in [0.1, 0.15) is 18.2 Å². The van der Waals surface area contributed by atoms with Crippen molar-refractivity contribution in [2.45, 2.75) is 20.0 Å². The average Bonchev–Trinajstić information content (AvgIpc) is 3.12. The summed E-state index contributed by atoms with van der Waals surface area (Å²) in [5.41, 5.74) is 2.03. The molecule has 146 valence electrons. The maximum atomic E-state index is 5.42. The summed E-state index contributed by atoms with van der Waals surface area (Å²) in [5, 5.41) is 6.59. The van der Waals surface area contributed by atoms with E-state index in [9.17, 15) is 0 Å². The number of pyridine rings is 1. The molecule has 1 aliphatic rings. The zero-order valence-electron chi connectivity index (χ0n) is 15.9. The van der Waals surface area contributed by atoms with Gasteiger partial charge in [-0.15, -0.1) is 24.0 Å². The Morgan fingerprint density at radius 3 is 2.74 bits per heavy atom. The summed E-state index contributed by atoms with van der Waals surface area (Å²) >= 11 is 0. The highest BCUT2D eigenvalue weighted by Gasteiger charge is 2.13. The molecule has 1 aromatic carbocycles. The molecule has 0 bridgehead atoms. The summed E-state index contributed by atoms with van der Waals surface area (Å²) in [4.78, 5) is 11.2. The Morgan fingerprint density at radius 1 is 1.15 bits per heavy atom. The van der Waals surface area contributed by atoms with Crippen molar-refractivity contribution in [2.24, 2.45) is 4.99 Å². The van der Waals surface area contributed by atoms with E-state index in [0.29, 0.717) is 13.1 Å². The predicted molar refractivity (Wildman–Crippen MR) is 118 cm³/mol. The third kappa shape index (κ3) is 5.88. The number of nitrogens with zero attached hydrogens (tertiary/aromatic N) is 3. The minimum absolute atomic E-state index is 0. The number of ether oxygens (including phenoxy) is 2. The number of nitrogens with one attached hydrogen (secondary N) is 2. The van der Waals surface area contributed by atoms with Crippen LogP contribution in [-0.2, 0) is 13.1 Å². The summed E-state index contributed by atoms with van der Waals surface area (Å²) in [6.07, 6.45) is 0. The van der Waals surface area contributed by atoms with Crippen LogP contribution < -0.4 is 25.0 Å². The molecule has 1 aromatic heterocycles. The Balaban J connectivity index is 0.00000261. The molecule has 7 nitrogen and oxygen atoms in total. The summed E-state index contributed by atoms with van der Waals surface area (Å²) in [7, 11) is 3.97. The van der Waals surface area contributed by atoms with Crippen molar-refractivity contribution in [3.05, 3.63) is 47.7 Å². The Kier molecular flexibility index (Phi) is 7.96. The second-order valence-corrected chi connectivity index (χ2v) is 6.12. The number of halogens is 1. The first-order valence-electron chi connectivity index (χ1n) is 8.69. The molecule has 2 aromatic rings. The molecule has 1 aliphatic heterocycles. The molecule has 0 radical (unpaired) electrons. The normalized spacial score (nSPS) is 12.3. The number of hydrogen-bond donors (Lipinski definition) is 2. The van der Waals surface area contributed by atoms with E-state index in [4.69, 9.17) is 9.47 Å². The number of aliphatic imine (C=N–C) groups is 1. The standard InChI is InChI=1S/C19H25N5O2.HI/c1-4-20-19(22-12-15-6-5-7-18(23-15)24(2)3)21-11-14-8-9-16-17(10-14)26-13-25-16;/h5-10H,4,11-13H2,1-3H3,(H2,20,21,22);1H. The molecule has 2 heterocycles. The van der Waals surface area contributed by atoms with Gasteiger partial charge in [-0.25, -0.2) is 9.98 Å². The fourth-order valence-corrected chi connectivity index (χ4v) is 2.54. The third-order valence-electron chi connectivity index (χ3n) is 3.89. The Bertz CT molecular complexity index is 782. The first kappa shape index (κ1) is 21.1. The molecule has 0 aliphatic carbocycles. The van der Waals surface area contributed by atoms with Crippen LogP contribution in [0.25, 0.3) is 0 Å². The zero-order valence-corrected chi connectivity index (χ0v) is 18.2. The van der Waals surface area contributed by atoms with Crippen molar-refractivity contribution in [3.63, 3.8) is 0 Å². The van der Waals surface area contributed by atoms with Crippen LogP contribution in [0, 0.1) is 0 Å². The summed E-state index contributed by atoms with van der Waals surface area (Å²) < 4.78 is 10.8. The summed E-state index contributed by atoms with van der Waals surface area (Å²) in [6, 6.07) is 11.9. The number of anilines is 1. The Hall–Kier alpha value is -2.23. The monoisotopic (exact) mass is 483 g/mol. The van der Waals surface area contributed by atoms with Crippen LogP contribution in [0.4, 0.5) is 5.82 Å². The summed E-state index contributed by atoms with van der Waals surface area (Å²) in [5.74, 6) is 3.25. The maximum absolute atomic E-state index is 5.42. The number of fused-ring (bicyclic) bond motifs is 1. The first-order chi connectivity index (χ1) is 12.7. The van der Waals surface area contributed by atoms with E-state index in [0.717, 1.165) is 41.1 Å². The van der Waals surface area contributed by atoms with E-state index in [1.807, 2.05) is 62.3 Å². The second kappa shape index (κ2) is 10.2. The highest BCUT2D eigenvalue weighted by atomic mass is 127. The molecule has 0 spiro atoms. The third-order valence-corrected chi connectivity index (χ3v) is 3.89. The van der Waals surface area contributed by atoms with E-state index < -0.39 is 0 Å². The van der Waals surface area contributed by atoms with Crippen LogP contribution in [0.5, 0.6) is 11.5 Å². The second-order valence-electron chi connectivity index (χ2n) is 6.12. The average molecular weight is 483 g/mol. The molecular weight excluding hydrogens is 457 g/mol. The molecule has 0 fully saturated rings. The van der Waals surface area contributed by atoms with Crippen LogP contribution in [0.15, 0.2) is 41.4 Å². The first-order valence-corrected chi connectivity index (χ1v) is 8.69. The van der Waals surface area contributed by atoms with Crippen molar-refractivity contribution in [1.82, 2.24) is 15.6 Å². The quantitative estimate of drug-likeness (QED) is 0.374. The smallest absolute Gasteiger partial charge is 0.231 e. The van der Waals surface area contributed by atoms with Gasteiger partial charge in [-0.2, -0.15) is 0 Å². The van der Waals surface area contributed by atoms with Gasteiger partial charge in [-0.3, -0.25) is 0 Å². The van der Waals surface area contributed by atoms with Crippen molar-refractivity contribution in [2.75, 3.05) is 32.3 Å². The molecule has 0 amide bonds. The minimum Gasteiger partial charge on any atom is -0.454 e. The molecule has 0 saturated carbocycles. The van der Waals surface area contributed by atoms with Gasteiger partial charge in [0.25, 0.3) is 0 Å². The number of guanidine groups is 1. The fraction of sp³-hybridized carbons (Fsp3) is 0.368. The SMILES string of the molecule is CCNC(=NCc1ccc2c(c1)OCO2)NCc1cccc(N(C)C)n1.I. The van der Waals surface area contributed by atoms with Crippen molar-refractivity contribution in [3.8, 4) is 11.5 Å². The Labute approximate surface area is 177 Å². The lowest BCUT2D eigenvalue weighted by Gasteiger charge is -2.14. The van der Waals surface area contributed by atoms with Gasteiger partial charge in [-0.05, 0) is 36.8 Å². The van der Waals surface area contributed by atoms with Gasteiger partial charge in [0.05, 0.1) is 18.8 Å². The predicted octanol–water partition coefficient (Wildman–Crippen LogP) is 2.75. The van der Waals surface area contributed by atoms with Crippen molar-refractivity contribution < 1.29 is 9.47 Å². The van der Waals surface area contributed by atoms with Crippen molar-refractivity contribution >= 4 is 35.8 Å². The fourth-order valence-electron chi connectivity index (χ4n) is 2.54. The van der Waals surface area contributed by atoms with Crippen molar-refractivity contribution in [1.29, 1.82) is 0 Å². The maximum Gasteiger partial charge on any atom is 0.231 e. The van der Waals surface area contributed by atoms with Gasteiger partial charge in [0.2, 0.25) is 6.79 Å². The van der Waals surface area contributed by atoms with Crippen LogP contribution in [0.2, 0.25) is 0 Å². The lowest BCUT2D eigenvalue weighted by molar-refractivity contribution is 0.174. The van der Waals surface area contributed by atoms with Crippen LogP contribution in [0.3, 0.4) is 0 Å². The van der Waals surface area contributed by atoms with E-state index in [1.165, 1.54) is 0 Å². The highest BCUT2D eigenvalue weighted by molar-refractivity contribution is 14.0. The van der Waals surface area contributed by atoms with Gasteiger partial charge in [0, 0.05) is 20.6 Å². The minimum atomic E-state index is 0. The number of aromatic nitrogens is 1. The number of benzene rings is 1. The van der Waals surface area contributed by atoms with Gasteiger partial charge >= 0.3 is 0 Å². The molecule has 2 N–H and O–H groups in total. The molecule has 0 saturated heterocycles. The van der Waals surface area contributed by atoms with Gasteiger partial charge in [0.1, 0.15) is 5.82 Å². The van der Waals surface area contributed by atoms with E-state index in [-0.39, 0.29) is 30.8 Å². The van der Waals surface area contributed by atoms with Gasteiger partial charge < -0.3 is 25.0 Å². The molecule has 0 unspecified atom stereocenters. The van der Waals surface area contributed by atoms with Gasteiger partial charge in [-0.1, -0.05) is 12.1 Å². The largest absolute Gasteiger partial charge is 0.454 e. The molecule has 0 atom stereocenters. The van der Waals surface area contributed by atoms with E-state index in [1.54, 1.807) is 0 Å². The lowest BCUT2D eigenvalue weighted by atomic mass is 10.2. The zero-order chi connectivity index (χ0) is 18.4. The number of rotatable bonds is 6. The van der Waals surface area contributed by atoms with E-state index in [2.05, 4.69) is 20.6 Å². The highest BCUT2D eigenvalue weighted by Crippen LogP contribution is 2.32. The van der Waals surface area contributed by atoms with Gasteiger partial charge in [0.15, 0.2) is 17.5 Å².